The van der Waals surface area contributed by atoms with E-state index in [0.717, 1.165) is 6.42 Å². The Labute approximate surface area is 155 Å². The second-order valence-corrected chi connectivity index (χ2v) is 9.79. The van der Waals surface area contributed by atoms with Gasteiger partial charge in [0.2, 0.25) is 0 Å². The maximum Gasteiger partial charge on any atom is 0.344 e. The third-order valence-electron chi connectivity index (χ3n) is 6.60. The van der Waals surface area contributed by atoms with Crippen molar-refractivity contribution in [2.45, 2.75) is 95.4 Å². The second kappa shape index (κ2) is 6.48. The molecule has 0 radical (unpaired) electrons. The van der Waals surface area contributed by atoms with Crippen LogP contribution in [0.15, 0.2) is 0 Å². The molecule has 4 bridgehead atoms. The molecule has 6 nitrogen and oxygen atoms in total. The Hall–Kier alpha value is -1.14. The van der Waals surface area contributed by atoms with Crippen molar-refractivity contribution in [2.75, 3.05) is 6.61 Å². The predicted molar refractivity (Wildman–Crippen MR) is 94.2 cm³/mol. The van der Waals surface area contributed by atoms with Crippen LogP contribution in [0.2, 0.25) is 0 Å². The van der Waals surface area contributed by atoms with Gasteiger partial charge in [0.1, 0.15) is 5.60 Å². The van der Waals surface area contributed by atoms with E-state index in [0.29, 0.717) is 44.9 Å². The van der Waals surface area contributed by atoms with Crippen molar-refractivity contribution in [3.8, 4) is 0 Å². The number of carbonyl (C=O) groups excluding carboxylic acids is 2. The summed E-state index contributed by atoms with van der Waals surface area (Å²) in [6, 6.07) is 0. The molecule has 0 spiro atoms. The van der Waals surface area contributed by atoms with Crippen LogP contribution in [-0.2, 0) is 19.1 Å². The minimum absolute atomic E-state index is 0.0730. The van der Waals surface area contributed by atoms with Gasteiger partial charge < -0.3 is 19.7 Å². The Morgan fingerprint density at radius 3 is 2.19 bits per heavy atom. The molecular formula is C20H32O6. The van der Waals surface area contributed by atoms with Gasteiger partial charge in [0.25, 0.3) is 0 Å². The molecule has 26 heavy (non-hydrogen) atoms. The third-order valence-corrected chi connectivity index (χ3v) is 6.60. The molecule has 2 N–H and O–H groups in total. The molecule has 2 unspecified atom stereocenters. The number of carbonyl (C=O) groups is 2. The van der Waals surface area contributed by atoms with Crippen LogP contribution in [0.25, 0.3) is 0 Å². The summed E-state index contributed by atoms with van der Waals surface area (Å²) < 4.78 is 10.7. The van der Waals surface area contributed by atoms with Gasteiger partial charge in [0.15, 0.2) is 6.61 Å². The summed E-state index contributed by atoms with van der Waals surface area (Å²) in [7, 11) is 0. The summed E-state index contributed by atoms with van der Waals surface area (Å²) in [6.07, 6.45) is 5.04. The SMILES string of the molecule is CCC(C)(C)CCC(=O)OCC(=O)OC12CC3CC(O)(CC(O)(C3)C1)C2. The van der Waals surface area contributed by atoms with Gasteiger partial charge in [-0.25, -0.2) is 4.79 Å². The van der Waals surface area contributed by atoms with Crippen molar-refractivity contribution in [3.63, 3.8) is 0 Å². The molecule has 0 amide bonds. The maximum atomic E-state index is 12.2. The number of esters is 2. The molecule has 0 aliphatic heterocycles. The van der Waals surface area contributed by atoms with Crippen molar-refractivity contribution in [1.29, 1.82) is 0 Å². The van der Waals surface area contributed by atoms with Crippen molar-refractivity contribution < 1.29 is 29.3 Å². The highest BCUT2D eigenvalue weighted by atomic mass is 16.6. The summed E-state index contributed by atoms with van der Waals surface area (Å²) in [4.78, 5) is 24.1. The molecule has 0 aromatic carbocycles. The van der Waals surface area contributed by atoms with Crippen molar-refractivity contribution in [1.82, 2.24) is 0 Å². The van der Waals surface area contributed by atoms with Crippen LogP contribution in [0.3, 0.4) is 0 Å². The van der Waals surface area contributed by atoms with Crippen LogP contribution in [0, 0.1) is 11.3 Å². The van der Waals surface area contributed by atoms with E-state index in [9.17, 15) is 19.8 Å². The lowest BCUT2D eigenvalue weighted by atomic mass is 9.50. The minimum Gasteiger partial charge on any atom is -0.456 e. The van der Waals surface area contributed by atoms with E-state index < -0.39 is 35.3 Å². The van der Waals surface area contributed by atoms with Crippen LogP contribution in [-0.4, -0.2) is 45.6 Å². The monoisotopic (exact) mass is 368 g/mol. The lowest BCUT2D eigenvalue weighted by molar-refractivity contribution is -0.262. The van der Waals surface area contributed by atoms with E-state index in [1.807, 2.05) is 0 Å². The van der Waals surface area contributed by atoms with Gasteiger partial charge >= 0.3 is 11.9 Å². The summed E-state index contributed by atoms with van der Waals surface area (Å²) in [5.41, 5.74) is -2.64. The van der Waals surface area contributed by atoms with E-state index in [4.69, 9.17) is 9.47 Å². The smallest absolute Gasteiger partial charge is 0.344 e. The van der Waals surface area contributed by atoms with Crippen LogP contribution in [0.5, 0.6) is 0 Å². The van der Waals surface area contributed by atoms with Crippen LogP contribution in [0.4, 0.5) is 0 Å². The quantitative estimate of drug-likeness (QED) is 0.671. The lowest BCUT2D eigenvalue weighted by Gasteiger charge is -2.62. The first kappa shape index (κ1) is 19.6. The molecule has 4 fully saturated rings. The minimum atomic E-state index is -0.948. The first-order valence-corrected chi connectivity index (χ1v) is 9.78. The van der Waals surface area contributed by atoms with E-state index in [1.54, 1.807) is 0 Å². The standard InChI is InChI=1S/C20H32O6/c1-4-17(2,3)6-5-15(21)25-10-16(22)26-20-9-14-7-18(23,12-20)11-19(24,8-14)13-20/h14,23-24H,4-13H2,1-3H3. The van der Waals surface area contributed by atoms with E-state index in [1.165, 1.54) is 0 Å². The highest BCUT2D eigenvalue weighted by Crippen LogP contribution is 2.60. The number of hydrogen-bond donors (Lipinski definition) is 2. The number of aliphatic hydroxyl groups is 2. The maximum absolute atomic E-state index is 12.2. The van der Waals surface area contributed by atoms with E-state index >= 15 is 0 Å². The molecule has 0 aromatic rings. The zero-order valence-electron chi connectivity index (χ0n) is 16.2. The molecule has 6 heteroatoms. The number of ether oxygens (including phenoxy) is 2. The summed E-state index contributed by atoms with van der Waals surface area (Å²) in [5, 5.41) is 21.4. The van der Waals surface area contributed by atoms with Gasteiger partial charge in [-0.05, 0) is 37.0 Å². The average Bonchev–Trinajstić information content (AvgIpc) is 2.47. The largest absolute Gasteiger partial charge is 0.456 e. The summed E-state index contributed by atoms with van der Waals surface area (Å²) in [5.74, 6) is -0.818. The molecule has 0 saturated heterocycles. The van der Waals surface area contributed by atoms with E-state index in [-0.39, 0.29) is 17.8 Å². The highest BCUT2D eigenvalue weighted by Gasteiger charge is 2.64. The zero-order valence-corrected chi connectivity index (χ0v) is 16.2. The third kappa shape index (κ3) is 4.22. The van der Waals surface area contributed by atoms with Crippen LogP contribution >= 0.6 is 0 Å². The van der Waals surface area contributed by atoms with Gasteiger partial charge in [-0.1, -0.05) is 27.2 Å². The van der Waals surface area contributed by atoms with Gasteiger partial charge in [-0.2, -0.15) is 0 Å². The van der Waals surface area contributed by atoms with Gasteiger partial charge in [-0.3, -0.25) is 4.79 Å². The Kier molecular flexibility index (Phi) is 4.89. The van der Waals surface area contributed by atoms with Crippen molar-refractivity contribution >= 4 is 11.9 Å². The van der Waals surface area contributed by atoms with Gasteiger partial charge in [0, 0.05) is 25.7 Å². The Morgan fingerprint density at radius 1 is 1.04 bits per heavy atom. The Morgan fingerprint density at radius 2 is 1.65 bits per heavy atom. The normalized spacial score (nSPS) is 38.3. The fourth-order valence-electron chi connectivity index (χ4n) is 5.46. The average molecular weight is 368 g/mol. The predicted octanol–water partition coefficient (Wildman–Crippen LogP) is 2.49. The first-order valence-electron chi connectivity index (χ1n) is 9.78. The van der Waals surface area contributed by atoms with Crippen molar-refractivity contribution in [3.05, 3.63) is 0 Å². The number of hydrogen-bond acceptors (Lipinski definition) is 6. The van der Waals surface area contributed by atoms with E-state index in [2.05, 4.69) is 20.8 Å². The molecule has 0 heterocycles. The molecule has 4 rings (SSSR count). The molecule has 2 atom stereocenters. The second-order valence-electron chi connectivity index (χ2n) is 9.79. The fourth-order valence-corrected chi connectivity index (χ4v) is 5.46. The molecule has 4 saturated carbocycles. The summed E-state index contributed by atoms with van der Waals surface area (Å²) in [6.45, 7) is 5.86. The summed E-state index contributed by atoms with van der Waals surface area (Å²) >= 11 is 0. The Balaban J connectivity index is 1.50. The molecule has 4 aliphatic carbocycles. The molecule has 4 aliphatic rings. The van der Waals surface area contributed by atoms with Crippen molar-refractivity contribution in [2.24, 2.45) is 11.3 Å². The first-order chi connectivity index (χ1) is 12.0. The zero-order chi connectivity index (χ0) is 19.2. The highest BCUT2D eigenvalue weighted by molar-refractivity contribution is 5.76. The Bertz CT molecular complexity index is 565. The van der Waals surface area contributed by atoms with Gasteiger partial charge in [-0.15, -0.1) is 0 Å². The lowest BCUT2D eigenvalue weighted by Crippen LogP contribution is -2.67. The molecular weight excluding hydrogens is 336 g/mol. The molecule has 148 valence electrons. The fraction of sp³-hybridized carbons (Fsp3) is 0.900. The van der Waals surface area contributed by atoms with Gasteiger partial charge in [0.05, 0.1) is 11.2 Å². The number of rotatable bonds is 7. The van der Waals surface area contributed by atoms with Crippen LogP contribution < -0.4 is 0 Å². The topological polar surface area (TPSA) is 93.1 Å². The molecule has 0 aromatic heterocycles. The van der Waals surface area contributed by atoms with Crippen LogP contribution in [0.1, 0.15) is 78.6 Å².